The van der Waals surface area contributed by atoms with Gasteiger partial charge in [-0.15, -0.1) is 11.4 Å². The van der Waals surface area contributed by atoms with E-state index in [-0.39, 0.29) is 7.43 Å². The fraction of sp³-hybridized carbons (Fsp3) is 0.184. The van der Waals surface area contributed by atoms with E-state index in [1.165, 1.54) is 56.9 Å². The first-order chi connectivity index (χ1) is 21.0. The van der Waals surface area contributed by atoms with Crippen molar-refractivity contribution in [2.24, 2.45) is 11.8 Å². The van der Waals surface area contributed by atoms with E-state index in [1.807, 2.05) is 0 Å². The summed E-state index contributed by atoms with van der Waals surface area (Å²) in [5.41, 5.74) is 8.35. The van der Waals surface area contributed by atoms with E-state index in [9.17, 15) is 0 Å². The molecule has 1 aliphatic heterocycles. The number of para-hydroxylation sites is 4. The fourth-order valence-electron chi connectivity index (χ4n) is 8.03. The monoisotopic (exact) mass is 666 g/mol. The number of rotatable bonds is 3. The number of nitrogens with zero attached hydrogens (tertiary/aromatic N) is 2. The number of allylic oxidation sites excluding steroid dienone is 4. The Hall–Kier alpha value is -2.79. The first-order valence-corrected chi connectivity index (χ1v) is 22.3. The summed E-state index contributed by atoms with van der Waals surface area (Å²) in [5, 5.41) is 10.5. The van der Waals surface area contributed by atoms with Gasteiger partial charge >= 0.3 is 35.6 Å². The Morgan fingerprint density at radius 1 is 0.750 bits per heavy atom. The molecule has 1 heterocycles. The molecule has 1 fully saturated rings. The van der Waals surface area contributed by atoms with E-state index < -0.39 is 25.3 Å². The van der Waals surface area contributed by atoms with Gasteiger partial charge < -0.3 is 17.3 Å². The summed E-state index contributed by atoms with van der Waals surface area (Å²) >= 11 is -0.556. The number of fused-ring (bicyclic) bond motifs is 5. The van der Waals surface area contributed by atoms with Gasteiger partial charge in [0, 0.05) is 11.4 Å². The second-order valence-corrected chi connectivity index (χ2v) is 19.3. The average Bonchev–Trinajstić information content (AvgIpc) is 3.48. The van der Waals surface area contributed by atoms with Gasteiger partial charge in [-0.25, -0.2) is 0 Å². The first-order valence-electron chi connectivity index (χ1n) is 15.0. The van der Waals surface area contributed by atoms with E-state index in [0.29, 0.717) is 17.4 Å². The van der Waals surface area contributed by atoms with Crippen molar-refractivity contribution in [3.05, 3.63) is 140 Å². The zero-order chi connectivity index (χ0) is 29.6. The van der Waals surface area contributed by atoms with Crippen LogP contribution in [0.15, 0.2) is 121 Å². The molecule has 0 bridgehead atoms. The van der Waals surface area contributed by atoms with Crippen LogP contribution in [-0.2, 0) is 17.0 Å². The number of halogens is 2. The van der Waals surface area contributed by atoms with Crippen molar-refractivity contribution in [2.75, 3.05) is 4.57 Å². The molecule has 0 radical (unpaired) electrons. The zero-order valence-corrected chi connectivity index (χ0v) is 29.4. The molecular formula is C38H36Cl2N2SiTi-2. The van der Waals surface area contributed by atoms with Gasteiger partial charge in [-0.1, -0.05) is 116 Å². The summed E-state index contributed by atoms with van der Waals surface area (Å²) in [6.07, 6.45) is 9.83. The van der Waals surface area contributed by atoms with Crippen LogP contribution in [0, 0.1) is 19.3 Å². The van der Waals surface area contributed by atoms with Crippen molar-refractivity contribution in [1.29, 1.82) is 0 Å². The standard InChI is InChI=1S/C37H33N2Si.CH3.2ClH.Ti/c1-40(2,39-34-20-9-7-18-32(34)38-33-19-8-10-21-35(33)39)36-23-22-29-30(36)16-11-17-31(29)37-27-14-5-3-12-25(27)24-26-13-4-6-15-28(26)37;;;;/h3-21,24,29-30,36H,22-23H2,1-2H3;1H3;2*1H;/q2*-1;;;+2/p-2/t29-,30-,36?;;;;/m0..../s1. The van der Waals surface area contributed by atoms with E-state index >= 15 is 0 Å². The third kappa shape index (κ3) is 5.27. The van der Waals surface area contributed by atoms with E-state index in [0.717, 1.165) is 11.4 Å². The van der Waals surface area contributed by atoms with E-state index in [1.54, 1.807) is 0 Å². The van der Waals surface area contributed by atoms with Crippen LogP contribution >= 0.6 is 18.6 Å². The zero-order valence-electron chi connectivity index (χ0n) is 25.3. The van der Waals surface area contributed by atoms with Gasteiger partial charge in [0.05, 0.1) is 0 Å². The molecule has 5 aromatic carbocycles. The van der Waals surface area contributed by atoms with Gasteiger partial charge in [0.1, 0.15) is 0 Å². The van der Waals surface area contributed by atoms with Crippen molar-refractivity contribution in [3.63, 3.8) is 0 Å². The molecule has 3 atom stereocenters. The molecule has 2 aliphatic carbocycles. The molecule has 1 saturated carbocycles. The van der Waals surface area contributed by atoms with Crippen LogP contribution in [0.2, 0.25) is 18.6 Å². The van der Waals surface area contributed by atoms with Gasteiger partial charge in [-0.3, -0.25) is 0 Å². The molecule has 0 spiro atoms. The topological polar surface area (TPSA) is 17.3 Å². The molecule has 2 nitrogen and oxygen atoms in total. The quantitative estimate of drug-likeness (QED) is 0.106. The van der Waals surface area contributed by atoms with Crippen LogP contribution < -0.4 is 4.57 Å². The SMILES string of the molecule is C[Si](C)(C1CC[C@@H]2C(c3c4ccccc4cc4ccccc34)=CC=C[C@H]12)N1c2ccccc2[N-]c2ccccc21.[CH3-].[Cl][Ti][Cl]. The molecule has 3 aliphatic rings. The fourth-order valence-corrected chi connectivity index (χ4v) is 12.1. The van der Waals surface area contributed by atoms with Crippen molar-refractivity contribution >= 4 is 76.7 Å². The Labute approximate surface area is 279 Å². The Kier molecular flexibility index (Phi) is 9.15. The molecule has 222 valence electrons. The Morgan fingerprint density at radius 3 is 1.86 bits per heavy atom. The molecule has 44 heavy (non-hydrogen) atoms. The van der Waals surface area contributed by atoms with Crippen LogP contribution in [0.4, 0.5) is 22.7 Å². The van der Waals surface area contributed by atoms with Crippen molar-refractivity contribution in [3.8, 4) is 0 Å². The predicted molar refractivity (Wildman–Crippen MR) is 192 cm³/mol. The van der Waals surface area contributed by atoms with Gasteiger partial charge in [0.2, 0.25) is 0 Å². The van der Waals surface area contributed by atoms with Gasteiger partial charge in [-0.2, -0.15) is 0 Å². The predicted octanol–water partition coefficient (Wildman–Crippen LogP) is 12.9. The maximum atomic E-state index is 5.05. The molecule has 1 unspecified atom stereocenters. The molecular weight excluding hydrogens is 631 g/mol. The summed E-state index contributed by atoms with van der Waals surface area (Å²) in [6, 6.07) is 37.7. The Morgan fingerprint density at radius 2 is 1.27 bits per heavy atom. The van der Waals surface area contributed by atoms with Gasteiger partial charge in [-0.05, 0) is 81.1 Å². The summed E-state index contributed by atoms with van der Waals surface area (Å²) in [5.74, 6) is 1.08. The molecule has 0 amide bonds. The van der Waals surface area contributed by atoms with Gasteiger partial charge in [0.15, 0.2) is 8.24 Å². The molecule has 0 aromatic heterocycles. The number of hydrogen-bond donors (Lipinski definition) is 0. The van der Waals surface area contributed by atoms with Crippen molar-refractivity contribution in [2.45, 2.75) is 31.5 Å². The second kappa shape index (κ2) is 12.9. The van der Waals surface area contributed by atoms with Crippen LogP contribution in [-0.4, -0.2) is 8.24 Å². The van der Waals surface area contributed by atoms with Crippen molar-refractivity contribution in [1.82, 2.24) is 0 Å². The number of benzene rings is 5. The van der Waals surface area contributed by atoms with Gasteiger partial charge in [0.25, 0.3) is 0 Å². The van der Waals surface area contributed by atoms with Crippen LogP contribution in [0.5, 0.6) is 0 Å². The Balaban J connectivity index is 0.000000826. The maximum absolute atomic E-state index is 5.05. The van der Waals surface area contributed by atoms with Crippen LogP contribution in [0.3, 0.4) is 0 Å². The first kappa shape index (κ1) is 31.2. The molecule has 0 saturated heterocycles. The minimum atomic E-state index is -2.02. The molecule has 6 heteroatoms. The van der Waals surface area contributed by atoms with Crippen LogP contribution in [0.25, 0.3) is 32.4 Å². The summed E-state index contributed by atoms with van der Waals surface area (Å²) in [7, 11) is 7.75. The van der Waals surface area contributed by atoms with E-state index in [4.69, 9.17) is 23.9 Å². The summed E-state index contributed by atoms with van der Waals surface area (Å²) in [4.78, 5) is 0. The summed E-state index contributed by atoms with van der Waals surface area (Å²) in [6.45, 7) is 5.19. The Bertz CT molecular complexity index is 1780. The normalized spacial score (nSPS) is 19.9. The van der Waals surface area contributed by atoms with Crippen LogP contribution in [0.1, 0.15) is 18.4 Å². The third-order valence-corrected chi connectivity index (χ3v) is 13.9. The molecule has 5 aromatic rings. The molecule has 8 rings (SSSR count). The van der Waals surface area contributed by atoms with E-state index in [2.05, 4.69) is 139 Å². The molecule has 0 N–H and O–H groups in total. The van der Waals surface area contributed by atoms with Crippen molar-refractivity contribution < 1.29 is 17.0 Å². The second-order valence-electron chi connectivity index (χ2n) is 12.2. The number of anilines is 2. The third-order valence-electron chi connectivity index (χ3n) is 9.76. The summed E-state index contributed by atoms with van der Waals surface area (Å²) < 4.78 is 2.73. The average molecular weight is 668 g/mol. The minimum absolute atomic E-state index is 0. The number of hydrogen-bond acceptors (Lipinski definition) is 1.